The lowest BCUT2D eigenvalue weighted by atomic mass is 10.6. The van der Waals surface area contributed by atoms with Crippen LogP contribution in [0.4, 0.5) is 0 Å². The van der Waals surface area contributed by atoms with Crippen molar-refractivity contribution < 1.29 is 18.9 Å². The maximum Gasteiger partial charge on any atom is 0.407 e. The van der Waals surface area contributed by atoms with Gasteiger partial charge >= 0.3 is 13.4 Å². The summed E-state index contributed by atoms with van der Waals surface area (Å²) in [6.07, 6.45) is 1.11. The summed E-state index contributed by atoms with van der Waals surface area (Å²) in [7, 11) is -1.66. The lowest BCUT2D eigenvalue weighted by Crippen LogP contribution is -1.92. The average molecular weight is 159 g/mol. The predicted molar refractivity (Wildman–Crippen MR) is 33.3 cm³/mol. The van der Waals surface area contributed by atoms with Crippen molar-refractivity contribution in [2.24, 2.45) is 0 Å². The topological polar surface area (TPSA) is 67.5 Å². The lowest BCUT2D eigenvalue weighted by molar-refractivity contribution is 0.0660. The van der Waals surface area contributed by atoms with Gasteiger partial charge in [-0.25, -0.2) is 4.79 Å². The molecule has 0 amide bonds. The SMILES string of the molecule is O=C(O)c1c[p+](=O)cco1. The number of carboxylic acids is 1. The molecule has 0 radical (unpaired) electrons. The molecular formula is C5H4O4P+. The Labute approximate surface area is 56.8 Å². The van der Waals surface area contributed by atoms with E-state index in [1.54, 1.807) is 0 Å². The molecule has 1 rings (SSSR count). The van der Waals surface area contributed by atoms with Crippen LogP contribution in [0.25, 0.3) is 0 Å². The zero-order chi connectivity index (χ0) is 7.56. The zero-order valence-electron chi connectivity index (χ0n) is 4.85. The monoisotopic (exact) mass is 159 g/mol. The molecule has 1 aromatic rings. The Hall–Kier alpha value is -1.15. The van der Waals surface area contributed by atoms with E-state index in [1.165, 1.54) is 5.80 Å². The molecule has 0 bridgehead atoms. The molecule has 1 unspecified atom stereocenters. The van der Waals surface area contributed by atoms with Gasteiger partial charge in [0, 0.05) is 0 Å². The lowest BCUT2D eigenvalue weighted by Gasteiger charge is -1.82. The summed E-state index contributed by atoms with van der Waals surface area (Å²) >= 11 is 0. The van der Waals surface area contributed by atoms with Crippen molar-refractivity contribution in [2.75, 3.05) is 0 Å². The molecule has 0 saturated carbocycles. The third-order valence-corrected chi connectivity index (χ3v) is 1.76. The van der Waals surface area contributed by atoms with Gasteiger partial charge in [-0.05, 0) is 0 Å². The maximum absolute atomic E-state index is 10.6. The van der Waals surface area contributed by atoms with Gasteiger partial charge < -0.3 is 9.52 Å². The van der Waals surface area contributed by atoms with Crippen molar-refractivity contribution in [3.8, 4) is 0 Å². The van der Waals surface area contributed by atoms with Crippen molar-refractivity contribution in [1.82, 2.24) is 0 Å². The molecule has 1 N–H and O–H groups in total. The van der Waals surface area contributed by atoms with Crippen LogP contribution in [0.2, 0.25) is 0 Å². The molecule has 0 aromatic carbocycles. The van der Waals surface area contributed by atoms with E-state index in [1.807, 2.05) is 0 Å². The second kappa shape index (κ2) is 2.62. The Morgan fingerprint density at radius 2 is 2.40 bits per heavy atom. The van der Waals surface area contributed by atoms with E-state index in [4.69, 9.17) is 5.11 Å². The van der Waals surface area contributed by atoms with Gasteiger partial charge in [-0.15, -0.1) is 0 Å². The predicted octanol–water partition coefficient (Wildman–Crippen LogP) is 1.72. The molecule has 1 atom stereocenters. The molecule has 52 valence electrons. The Kier molecular flexibility index (Phi) is 1.83. The Bertz CT molecular complexity index is 303. The van der Waals surface area contributed by atoms with E-state index in [2.05, 4.69) is 4.42 Å². The molecule has 5 heteroatoms. The summed E-state index contributed by atoms with van der Waals surface area (Å²) in [5, 5.41) is 8.30. The van der Waals surface area contributed by atoms with Gasteiger partial charge in [0.05, 0.1) is 0 Å². The largest absolute Gasteiger partial charge is 0.475 e. The molecule has 0 spiro atoms. The van der Waals surface area contributed by atoms with Crippen LogP contribution >= 0.6 is 7.41 Å². The van der Waals surface area contributed by atoms with Gasteiger partial charge in [-0.3, -0.25) is 0 Å². The molecule has 0 aliphatic carbocycles. The Morgan fingerprint density at radius 1 is 1.70 bits per heavy atom. The summed E-state index contributed by atoms with van der Waals surface area (Å²) in [6.45, 7) is 0. The van der Waals surface area contributed by atoms with Gasteiger partial charge in [0.15, 0.2) is 5.80 Å². The van der Waals surface area contributed by atoms with Gasteiger partial charge in [0.25, 0.3) is 5.76 Å². The average Bonchev–Trinajstić information content (AvgIpc) is 1.88. The van der Waals surface area contributed by atoms with Crippen LogP contribution < -0.4 is 0 Å². The maximum atomic E-state index is 10.6. The summed E-state index contributed by atoms with van der Waals surface area (Å²) in [5.41, 5.74) is 0. The molecule has 0 aliphatic heterocycles. The fourth-order valence-electron chi connectivity index (χ4n) is 0.458. The van der Waals surface area contributed by atoms with Crippen LogP contribution in [-0.4, -0.2) is 11.1 Å². The van der Waals surface area contributed by atoms with Crippen molar-refractivity contribution in [3.63, 3.8) is 0 Å². The standard InChI is InChI=1S/C5H3O4P/c6-5(7)4-3-10(8)2-1-9-4/h1-3H/p+1. The highest BCUT2D eigenvalue weighted by Crippen LogP contribution is 2.13. The molecule has 1 heterocycles. The minimum atomic E-state index is -1.66. The minimum absolute atomic E-state index is 0.274. The first-order valence-corrected chi connectivity index (χ1v) is 3.84. The first-order chi connectivity index (χ1) is 4.70. The van der Waals surface area contributed by atoms with Gasteiger partial charge in [0.2, 0.25) is 5.80 Å². The fraction of sp³-hybridized carbons (Fsp3) is 0. The smallest absolute Gasteiger partial charge is 0.407 e. The number of aromatic carboxylic acids is 1. The van der Waals surface area contributed by atoms with E-state index in [9.17, 15) is 9.36 Å². The van der Waals surface area contributed by atoms with E-state index in [-0.39, 0.29) is 5.76 Å². The van der Waals surface area contributed by atoms with E-state index in [0.29, 0.717) is 0 Å². The number of rotatable bonds is 1. The quantitative estimate of drug-likeness (QED) is 0.677. The van der Waals surface area contributed by atoms with Gasteiger partial charge in [-0.2, -0.15) is 0 Å². The van der Waals surface area contributed by atoms with Crippen molar-refractivity contribution in [3.05, 3.63) is 23.6 Å². The molecule has 1 aromatic heterocycles. The van der Waals surface area contributed by atoms with Crippen molar-refractivity contribution in [2.45, 2.75) is 0 Å². The normalized spacial score (nSPS) is 11.0. The highest BCUT2D eigenvalue weighted by Gasteiger charge is 2.10. The zero-order valence-corrected chi connectivity index (χ0v) is 5.75. The number of hydrogen-bond donors (Lipinski definition) is 1. The van der Waals surface area contributed by atoms with Crippen molar-refractivity contribution >= 4 is 13.4 Å². The van der Waals surface area contributed by atoms with E-state index < -0.39 is 13.4 Å². The number of carboxylic acid groups (broad SMARTS) is 1. The molecule has 4 nitrogen and oxygen atoms in total. The molecule has 0 fully saturated rings. The van der Waals surface area contributed by atoms with Crippen LogP contribution in [-0.2, 0) is 4.57 Å². The number of carbonyl (C=O) groups is 1. The summed E-state index contributed by atoms with van der Waals surface area (Å²) < 4.78 is 15.1. The fourth-order valence-corrected chi connectivity index (χ4v) is 1.13. The summed E-state index contributed by atoms with van der Waals surface area (Å²) in [6, 6.07) is 0. The van der Waals surface area contributed by atoms with E-state index >= 15 is 0 Å². The third-order valence-electron chi connectivity index (χ3n) is 0.858. The Morgan fingerprint density at radius 3 is 2.80 bits per heavy atom. The van der Waals surface area contributed by atoms with Crippen LogP contribution in [0.15, 0.2) is 22.3 Å². The highest BCUT2D eigenvalue weighted by molar-refractivity contribution is 7.35. The Balaban J connectivity index is 3.20. The first-order valence-electron chi connectivity index (χ1n) is 2.44. The van der Waals surface area contributed by atoms with Crippen LogP contribution in [0, 0.1) is 0 Å². The summed E-state index contributed by atoms with van der Waals surface area (Å²) in [5.74, 6) is 0.885. The number of hydrogen-bond acceptors (Lipinski definition) is 3. The van der Waals surface area contributed by atoms with Crippen molar-refractivity contribution in [1.29, 1.82) is 0 Å². The minimum Gasteiger partial charge on any atom is -0.475 e. The highest BCUT2D eigenvalue weighted by atomic mass is 31.1. The van der Waals surface area contributed by atoms with Gasteiger partial charge in [-0.1, -0.05) is 4.57 Å². The van der Waals surface area contributed by atoms with Gasteiger partial charge in [0.1, 0.15) is 6.26 Å². The second-order valence-electron chi connectivity index (χ2n) is 1.56. The van der Waals surface area contributed by atoms with Crippen LogP contribution in [0.3, 0.4) is 0 Å². The third kappa shape index (κ3) is 1.42. The molecule has 0 aliphatic rings. The second-order valence-corrected chi connectivity index (χ2v) is 2.84. The molecule has 10 heavy (non-hydrogen) atoms. The first kappa shape index (κ1) is 6.96. The molecular weight excluding hydrogens is 155 g/mol. The molecule has 0 saturated heterocycles. The van der Waals surface area contributed by atoms with Crippen LogP contribution in [0.1, 0.15) is 10.6 Å². The van der Waals surface area contributed by atoms with Crippen LogP contribution in [0.5, 0.6) is 0 Å². The van der Waals surface area contributed by atoms with E-state index in [0.717, 1.165) is 12.1 Å². The summed E-state index contributed by atoms with van der Waals surface area (Å²) in [4.78, 5) is 10.1.